The molecule has 7 nitrogen and oxygen atoms in total. The fraction of sp³-hybridized carbons (Fsp3) is 0.619. The van der Waals surface area contributed by atoms with E-state index in [1.165, 1.54) is 19.1 Å². The first kappa shape index (κ1) is 27.9. The standard InChI is InChI=1S/C21H29F3N2O5S/c1-20(28,15-27)12-8-6-4-3-5-7-9-19(31-32(2,29)30)26-17-11-10-16(14-25)18(13-17)21(22,23)24/h10-11,13,15,19,26,28H,3-9,12H2,1-2H3. The second-order valence-corrected chi connectivity index (χ2v) is 9.54. The minimum absolute atomic E-state index is 0.00722. The van der Waals surface area contributed by atoms with Crippen molar-refractivity contribution in [2.75, 3.05) is 11.6 Å². The highest BCUT2D eigenvalue weighted by Gasteiger charge is 2.34. The first-order valence-corrected chi connectivity index (χ1v) is 12.0. The lowest BCUT2D eigenvalue weighted by Crippen LogP contribution is -2.26. The van der Waals surface area contributed by atoms with E-state index in [1.54, 1.807) is 0 Å². The van der Waals surface area contributed by atoms with Crippen molar-refractivity contribution in [2.45, 2.75) is 76.3 Å². The number of rotatable bonds is 14. The zero-order chi connectivity index (χ0) is 24.4. The highest BCUT2D eigenvalue weighted by Crippen LogP contribution is 2.34. The highest BCUT2D eigenvalue weighted by molar-refractivity contribution is 7.86. The number of nitriles is 1. The van der Waals surface area contributed by atoms with Gasteiger partial charge in [0.05, 0.1) is 23.5 Å². The van der Waals surface area contributed by atoms with Crippen molar-refractivity contribution in [3.63, 3.8) is 0 Å². The van der Waals surface area contributed by atoms with Crippen LogP contribution in [0.3, 0.4) is 0 Å². The summed E-state index contributed by atoms with van der Waals surface area (Å²) < 4.78 is 67.5. The van der Waals surface area contributed by atoms with Crippen LogP contribution in [0.25, 0.3) is 0 Å². The van der Waals surface area contributed by atoms with Crippen molar-refractivity contribution in [2.24, 2.45) is 0 Å². The number of benzene rings is 1. The van der Waals surface area contributed by atoms with E-state index in [1.807, 2.05) is 0 Å². The molecule has 0 spiro atoms. The lowest BCUT2D eigenvalue weighted by atomic mass is 9.99. The van der Waals surface area contributed by atoms with Gasteiger partial charge in [0.2, 0.25) is 0 Å². The molecule has 0 heterocycles. The third-order valence-corrected chi connectivity index (χ3v) is 5.30. The van der Waals surface area contributed by atoms with Crippen molar-refractivity contribution >= 4 is 22.1 Å². The largest absolute Gasteiger partial charge is 0.417 e. The monoisotopic (exact) mass is 478 g/mol. The number of aliphatic hydroxyl groups is 1. The highest BCUT2D eigenvalue weighted by atomic mass is 32.2. The molecule has 2 unspecified atom stereocenters. The Morgan fingerprint density at radius 2 is 1.78 bits per heavy atom. The Morgan fingerprint density at radius 3 is 2.31 bits per heavy atom. The van der Waals surface area contributed by atoms with Gasteiger partial charge in [0, 0.05) is 5.69 Å². The molecule has 1 aromatic carbocycles. The van der Waals surface area contributed by atoms with E-state index in [0.29, 0.717) is 25.5 Å². The molecule has 180 valence electrons. The fourth-order valence-corrected chi connectivity index (χ4v) is 3.65. The van der Waals surface area contributed by atoms with Gasteiger partial charge in [-0.25, -0.2) is 4.18 Å². The maximum atomic E-state index is 13.1. The average molecular weight is 479 g/mol. The van der Waals surface area contributed by atoms with E-state index in [9.17, 15) is 31.5 Å². The molecule has 2 N–H and O–H groups in total. The Labute approximate surface area is 186 Å². The molecule has 1 aromatic rings. The van der Waals surface area contributed by atoms with Crippen molar-refractivity contribution in [3.8, 4) is 6.07 Å². The third kappa shape index (κ3) is 10.9. The predicted molar refractivity (Wildman–Crippen MR) is 113 cm³/mol. The number of halogens is 3. The van der Waals surface area contributed by atoms with Crippen molar-refractivity contribution < 1.29 is 35.7 Å². The Kier molecular flexibility index (Phi) is 10.6. The molecule has 32 heavy (non-hydrogen) atoms. The maximum absolute atomic E-state index is 13.1. The number of carbonyl (C=O) groups is 1. The number of unbranched alkanes of at least 4 members (excludes halogenated alkanes) is 5. The van der Waals surface area contributed by atoms with Gasteiger partial charge < -0.3 is 15.2 Å². The van der Waals surface area contributed by atoms with Crippen LogP contribution in [0.5, 0.6) is 0 Å². The summed E-state index contributed by atoms with van der Waals surface area (Å²) in [4.78, 5) is 10.6. The SMILES string of the molecule is CC(O)(C=O)CCCCCCCCC(Nc1ccc(C#N)c(C(F)(F)F)c1)OS(C)(=O)=O. The number of anilines is 1. The number of hydrogen-bond acceptors (Lipinski definition) is 7. The average Bonchev–Trinajstić information content (AvgIpc) is 2.68. The van der Waals surface area contributed by atoms with Gasteiger partial charge in [0.1, 0.15) is 11.8 Å². The van der Waals surface area contributed by atoms with Crippen molar-refractivity contribution in [3.05, 3.63) is 29.3 Å². The number of nitrogens with one attached hydrogen (secondary N) is 1. The van der Waals surface area contributed by atoms with Gasteiger partial charge in [0.25, 0.3) is 10.1 Å². The van der Waals surface area contributed by atoms with Crippen LogP contribution in [0.4, 0.5) is 18.9 Å². The van der Waals surface area contributed by atoms with Crippen LogP contribution in [0, 0.1) is 11.3 Å². The zero-order valence-electron chi connectivity index (χ0n) is 18.1. The summed E-state index contributed by atoms with van der Waals surface area (Å²) in [5.41, 5.74) is -2.96. The molecule has 0 bridgehead atoms. The zero-order valence-corrected chi connectivity index (χ0v) is 18.9. The van der Waals surface area contributed by atoms with Crippen LogP contribution in [-0.4, -0.2) is 37.9 Å². The molecule has 0 aliphatic heterocycles. The lowest BCUT2D eigenvalue weighted by Gasteiger charge is -2.20. The van der Waals surface area contributed by atoms with Crippen LogP contribution < -0.4 is 5.32 Å². The third-order valence-electron chi connectivity index (χ3n) is 4.72. The van der Waals surface area contributed by atoms with E-state index in [0.717, 1.165) is 44.1 Å². The molecule has 0 fully saturated rings. The van der Waals surface area contributed by atoms with E-state index < -0.39 is 39.3 Å². The fourth-order valence-electron chi connectivity index (χ4n) is 3.09. The van der Waals surface area contributed by atoms with E-state index in [2.05, 4.69) is 5.32 Å². The summed E-state index contributed by atoms with van der Waals surface area (Å²) in [6.07, 6.45) is 0.778. The summed E-state index contributed by atoms with van der Waals surface area (Å²) >= 11 is 0. The first-order valence-electron chi connectivity index (χ1n) is 10.2. The number of aldehydes is 1. The number of carbonyl (C=O) groups excluding carboxylic acids is 1. The second kappa shape index (κ2) is 12.2. The molecule has 0 aliphatic rings. The number of hydrogen-bond donors (Lipinski definition) is 2. The van der Waals surface area contributed by atoms with Gasteiger partial charge in [-0.05, 0) is 44.4 Å². The van der Waals surface area contributed by atoms with Gasteiger partial charge in [0.15, 0.2) is 6.29 Å². The predicted octanol–water partition coefficient (Wildman–Crippen LogP) is 4.36. The van der Waals surface area contributed by atoms with Crippen LogP contribution in [0.1, 0.15) is 69.4 Å². The minimum atomic E-state index is -4.73. The van der Waals surface area contributed by atoms with Gasteiger partial charge in [-0.2, -0.15) is 26.9 Å². The van der Waals surface area contributed by atoms with Crippen LogP contribution in [0.15, 0.2) is 18.2 Å². The molecule has 0 aromatic heterocycles. The Bertz CT molecular complexity index is 896. The van der Waals surface area contributed by atoms with Gasteiger partial charge >= 0.3 is 6.18 Å². The second-order valence-electron chi connectivity index (χ2n) is 7.94. The van der Waals surface area contributed by atoms with Gasteiger partial charge in [-0.3, -0.25) is 0 Å². The maximum Gasteiger partial charge on any atom is 0.417 e. The van der Waals surface area contributed by atoms with E-state index in [4.69, 9.17) is 9.44 Å². The molecular weight excluding hydrogens is 449 g/mol. The summed E-state index contributed by atoms with van der Waals surface area (Å²) in [5, 5.41) is 21.2. The van der Waals surface area contributed by atoms with Crippen molar-refractivity contribution in [1.82, 2.24) is 0 Å². The molecule has 2 atom stereocenters. The van der Waals surface area contributed by atoms with Gasteiger partial charge in [-0.1, -0.05) is 32.1 Å². The summed E-state index contributed by atoms with van der Waals surface area (Å²) in [7, 11) is -3.86. The molecule has 0 radical (unpaired) electrons. The summed E-state index contributed by atoms with van der Waals surface area (Å²) in [6, 6.07) is 4.53. The number of nitrogens with zero attached hydrogens (tertiary/aromatic N) is 1. The van der Waals surface area contributed by atoms with Crippen LogP contribution >= 0.6 is 0 Å². The van der Waals surface area contributed by atoms with E-state index in [-0.39, 0.29) is 12.1 Å². The Hall–Kier alpha value is -2.16. The minimum Gasteiger partial charge on any atom is -0.383 e. The lowest BCUT2D eigenvalue weighted by molar-refractivity contribution is -0.137. The normalized spacial score (nSPS) is 14.9. The molecule has 0 saturated heterocycles. The first-order chi connectivity index (χ1) is 14.8. The van der Waals surface area contributed by atoms with Gasteiger partial charge in [-0.15, -0.1) is 0 Å². The molecule has 11 heteroatoms. The number of alkyl halides is 3. The van der Waals surface area contributed by atoms with Crippen LogP contribution in [0.2, 0.25) is 0 Å². The Balaban J connectivity index is 2.62. The van der Waals surface area contributed by atoms with Crippen molar-refractivity contribution in [1.29, 1.82) is 5.26 Å². The molecule has 1 rings (SSSR count). The van der Waals surface area contributed by atoms with Crippen LogP contribution in [-0.2, 0) is 25.3 Å². The molecule has 0 aliphatic carbocycles. The topological polar surface area (TPSA) is 116 Å². The van der Waals surface area contributed by atoms with E-state index >= 15 is 0 Å². The quantitative estimate of drug-likeness (QED) is 0.177. The molecular formula is C21H29F3N2O5S. The smallest absolute Gasteiger partial charge is 0.383 e. The molecule has 0 amide bonds. The summed E-state index contributed by atoms with van der Waals surface area (Å²) in [6.45, 7) is 1.46. The Morgan fingerprint density at radius 1 is 1.19 bits per heavy atom. The summed E-state index contributed by atoms with van der Waals surface area (Å²) in [5.74, 6) is 0. The molecule has 0 saturated carbocycles.